The maximum Gasteiger partial charge on any atom is 0.317 e. The molecule has 0 aliphatic heterocycles. The Bertz CT molecular complexity index is 258. The lowest BCUT2D eigenvalue weighted by molar-refractivity contribution is -0.141. The average molecular weight is 260 g/mol. The summed E-state index contributed by atoms with van der Waals surface area (Å²) in [7, 11) is 1.59. The molecule has 0 saturated heterocycles. The van der Waals surface area contributed by atoms with E-state index in [1.54, 1.807) is 14.0 Å². The maximum atomic E-state index is 11.6. The van der Waals surface area contributed by atoms with E-state index in [1.807, 2.05) is 6.92 Å². The van der Waals surface area contributed by atoms with E-state index in [9.17, 15) is 9.59 Å². The van der Waals surface area contributed by atoms with Crippen LogP contribution in [0.4, 0.5) is 4.79 Å². The fourth-order valence-electron chi connectivity index (χ4n) is 1.32. The summed E-state index contributed by atoms with van der Waals surface area (Å²) in [5.74, 6) is -1.46. The second kappa shape index (κ2) is 9.70. The van der Waals surface area contributed by atoms with Gasteiger partial charge in [-0.25, -0.2) is 4.79 Å². The van der Waals surface area contributed by atoms with Crippen molar-refractivity contribution in [1.82, 2.24) is 10.2 Å². The van der Waals surface area contributed by atoms with Gasteiger partial charge in [-0.15, -0.1) is 0 Å². The van der Waals surface area contributed by atoms with Crippen LogP contribution in [0.1, 0.15) is 26.7 Å². The number of aliphatic carboxylic acids is 1. The van der Waals surface area contributed by atoms with E-state index in [2.05, 4.69) is 5.32 Å². The number of nitrogens with one attached hydrogen (secondary N) is 1. The van der Waals surface area contributed by atoms with Crippen LogP contribution in [-0.4, -0.2) is 55.4 Å². The van der Waals surface area contributed by atoms with E-state index in [0.717, 1.165) is 19.4 Å². The van der Waals surface area contributed by atoms with Crippen molar-refractivity contribution in [3.8, 4) is 0 Å². The van der Waals surface area contributed by atoms with Crippen LogP contribution in [0.3, 0.4) is 0 Å². The Labute approximate surface area is 108 Å². The number of rotatable bonds is 9. The number of urea groups is 1. The van der Waals surface area contributed by atoms with Gasteiger partial charge >= 0.3 is 12.0 Å². The average Bonchev–Trinajstić information content (AvgIpc) is 2.32. The van der Waals surface area contributed by atoms with E-state index in [0.29, 0.717) is 13.2 Å². The highest BCUT2D eigenvalue weighted by atomic mass is 16.5. The molecule has 0 radical (unpaired) electrons. The van der Waals surface area contributed by atoms with E-state index in [4.69, 9.17) is 9.84 Å². The minimum atomic E-state index is -0.900. The number of hydrogen-bond donors (Lipinski definition) is 2. The molecule has 106 valence electrons. The number of hydrogen-bond acceptors (Lipinski definition) is 3. The zero-order valence-electron chi connectivity index (χ0n) is 11.4. The lowest BCUT2D eigenvalue weighted by atomic mass is 10.2. The lowest BCUT2D eigenvalue weighted by Gasteiger charge is -2.19. The molecule has 0 saturated carbocycles. The second-order valence-corrected chi connectivity index (χ2v) is 4.32. The Hall–Kier alpha value is -1.30. The molecule has 0 aromatic heterocycles. The van der Waals surface area contributed by atoms with Crippen LogP contribution in [0.25, 0.3) is 0 Å². The maximum absolute atomic E-state index is 11.6. The van der Waals surface area contributed by atoms with Crippen LogP contribution in [0, 0.1) is 5.92 Å². The lowest BCUT2D eigenvalue weighted by Crippen LogP contribution is -2.41. The van der Waals surface area contributed by atoms with Gasteiger partial charge in [0, 0.05) is 33.4 Å². The molecule has 2 N–H and O–H groups in total. The molecule has 0 aromatic rings. The number of carboxylic acids is 1. The van der Waals surface area contributed by atoms with Gasteiger partial charge in [-0.05, 0) is 12.8 Å². The Morgan fingerprint density at radius 1 is 1.39 bits per heavy atom. The van der Waals surface area contributed by atoms with Gasteiger partial charge in [-0.1, -0.05) is 13.8 Å². The normalized spacial score (nSPS) is 11.9. The summed E-state index contributed by atoms with van der Waals surface area (Å²) >= 11 is 0. The standard InChI is InChI=1S/C12H24N2O4/c1-4-7-18-8-5-6-13-12(17)14(3)9-10(2)11(15)16/h10H,4-9H2,1-3H3,(H,13,17)(H,15,16). The van der Waals surface area contributed by atoms with Gasteiger partial charge in [-0.2, -0.15) is 0 Å². The Kier molecular flexibility index (Phi) is 9.00. The molecule has 0 aliphatic rings. The van der Waals surface area contributed by atoms with Crippen LogP contribution in [0.15, 0.2) is 0 Å². The molecule has 0 bridgehead atoms. The first kappa shape index (κ1) is 16.7. The summed E-state index contributed by atoms with van der Waals surface area (Å²) < 4.78 is 5.28. The molecule has 2 amide bonds. The third-order valence-corrected chi connectivity index (χ3v) is 2.41. The SMILES string of the molecule is CCCOCCCNC(=O)N(C)CC(C)C(=O)O. The summed E-state index contributed by atoms with van der Waals surface area (Å²) in [5, 5.41) is 11.5. The summed E-state index contributed by atoms with van der Waals surface area (Å²) in [6, 6.07) is -0.251. The van der Waals surface area contributed by atoms with E-state index < -0.39 is 11.9 Å². The number of nitrogens with zero attached hydrogens (tertiary/aromatic N) is 1. The third-order valence-electron chi connectivity index (χ3n) is 2.41. The number of carbonyl (C=O) groups excluding carboxylic acids is 1. The fourth-order valence-corrected chi connectivity index (χ4v) is 1.32. The number of carboxylic acid groups (broad SMARTS) is 1. The Balaban J connectivity index is 3.65. The van der Waals surface area contributed by atoms with Crippen molar-refractivity contribution >= 4 is 12.0 Å². The number of carbonyl (C=O) groups is 2. The highest BCUT2D eigenvalue weighted by Gasteiger charge is 2.16. The van der Waals surface area contributed by atoms with Gasteiger partial charge in [-0.3, -0.25) is 4.79 Å². The number of amides is 2. The van der Waals surface area contributed by atoms with Gasteiger partial charge < -0.3 is 20.1 Å². The molecular weight excluding hydrogens is 236 g/mol. The summed E-state index contributed by atoms with van der Waals surface area (Å²) in [6.45, 7) is 5.72. The van der Waals surface area contributed by atoms with Crippen molar-refractivity contribution in [2.45, 2.75) is 26.7 Å². The van der Waals surface area contributed by atoms with Crippen LogP contribution >= 0.6 is 0 Å². The van der Waals surface area contributed by atoms with Gasteiger partial charge in [0.1, 0.15) is 0 Å². The van der Waals surface area contributed by atoms with Crippen LogP contribution in [0.5, 0.6) is 0 Å². The molecule has 6 heteroatoms. The topological polar surface area (TPSA) is 78.9 Å². The van der Waals surface area contributed by atoms with Crippen molar-refractivity contribution in [1.29, 1.82) is 0 Å². The first-order valence-electron chi connectivity index (χ1n) is 6.28. The highest BCUT2D eigenvalue weighted by molar-refractivity contribution is 5.75. The summed E-state index contributed by atoms with van der Waals surface area (Å²) in [4.78, 5) is 23.6. The fraction of sp³-hybridized carbons (Fsp3) is 0.833. The second-order valence-electron chi connectivity index (χ2n) is 4.32. The van der Waals surface area contributed by atoms with Crippen molar-refractivity contribution in [2.24, 2.45) is 5.92 Å². The van der Waals surface area contributed by atoms with Crippen molar-refractivity contribution in [3.63, 3.8) is 0 Å². The minimum Gasteiger partial charge on any atom is -0.481 e. The summed E-state index contributed by atoms with van der Waals surface area (Å²) in [6.07, 6.45) is 1.75. The molecule has 18 heavy (non-hydrogen) atoms. The molecule has 6 nitrogen and oxygen atoms in total. The van der Waals surface area contributed by atoms with E-state index in [1.165, 1.54) is 4.90 Å². The molecule has 1 unspecified atom stereocenters. The van der Waals surface area contributed by atoms with Crippen molar-refractivity contribution in [3.05, 3.63) is 0 Å². The summed E-state index contributed by atoms with van der Waals surface area (Å²) in [5.41, 5.74) is 0. The first-order chi connectivity index (χ1) is 8.49. The van der Waals surface area contributed by atoms with Gasteiger partial charge in [0.25, 0.3) is 0 Å². The number of ether oxygens (including phenoxy) is 1. The smallest absolute Gasteiger partial charge is 0.317 e. The van der Waals surface area contributed by atoms with E-state index in [-0.39, 0.29) is 12.6 Å². The van der Waals surface area contributed by atoms with Crippen molar-refractivity contribution in [2.75, 3.05) is 33.4 Å². The van der Waals surface area contributed by atoms with Gasteiger partial charge in [0.15, 0.2) is 0 Å². The van der Waals surface area contributed by atoms with Crippen LogP contribution in [0.2, 0.25) is 0 Å². The van der Waals surface area contributed by atoms with Crippen LogP contribution in [-0.2, 0) is 9.53 Å². The predicted octanol–water partition coefficient (Wildman–Crippen LogP) is 1.17. The quantitative estimate of drug-likeness (QED) is 0.610. The molecular formula is C12H24N2O4. The molecule has 0 spiro atoms. The van der Waals surface area contributed by atoms with Gasteiger partial charge in [0.05, 0.1) is 5.92 Å². The Morgan fingerprint density at radius 3 is 2.61 bits per heavy atom. The monoisotopic (exact) mass is 260 g/mol. The minimum absolute atomic E-state index is 0.202. The Morgan fingerprint density at radius 2 is 2.06 bits per heavy atom. The molecule has 0 fully saturated rings. The van der Waals surface area contributed by atoms with E-state index >= 15 is 0 Å². The molecule has 0 rings (SSSR count). The van der Waals surface area contributed by atoms with Crippen LogP contribution < -0.4 is 5.32 Å². The van der Waals surface area contributed by atoms with Crippen molar-refractivity contribution < 1.29 is 19.4 Å². The molecule has 0 heterocycles. The molecule has 0 aromatic carbocycles. The zero-order valence-corrected chi connectivity index (χ0v) is 11.4. The zero-order chi connectivity index (χ0) is 14.0. The third kappa shape index (κ3) is 7.89. The molecule has 1 atom stereocenters. The van der Waals surface area contributed by atoms with Gasteiger partial charge in [0.2, 0.25) is 0 Å². The largest absolute Gasteiger partial charge is 0.481 e. The first-order valence-corrected chi connectivity index (χ1v) is 6.28. The molecule has 0 aliphatic carbocycles. The predicted molar refractivity (Wildman–Crippen MR) is 68.6 cm³/mol. The highest BCUT2D eigenvalue weighted by Crippen LogP contribution is 1.98.